The maximum Gasteiger partial charge on any atom is 0.225 e. The van der Waals surface area contributed by atoms with Crippen LogP contribution in [-0.4, -0.2) is 17.0 Å². The fraction of sp³-hybridized carbons (Fsp3) is 0.571. The van der Waals surface area contributed by atoms with Crippen LogP contribution in [0.2, 0.25) is 0 Å². The molecule has 0 spiro atoms. The van der Waals surface area contributed by atoms with E-state index in [1.54, 1.807) is 6.20 Å². The van der Waals surface area contributed by atoms with Crippen molar-refractivity contribution in [1.82, 2.24) is 10.3 Å². The summed E-state index contributed by atoms with van der Waals surface area (Å²) in [7, 11) is 0. The van der Waals surface area contributed by atoms with Gasteiger partial charge in [0.15, 0.2) is 0 Å². The lowest BCUT2D eigenvalue weighted by Gasteiger charge is -2.18. The molecule has 0 saturated carbocycles. The molecule has 0 fully saturated rings. The zero-order valence-corrected chi connectivity index (χ0v) is 11.8. The Bertz CT molecular complexity index is 409. The number of nitrogens with zero attached hydrogens (tertiary/aromatic N) is 1. The number of ether oxygens (including phenoxy) is 1. The number of carbonyl (C=O) groups excluding carboxylic acids is 1. The summed E-state index contributed by atoms with van der Waals surface area (Å²) in [5.74, 6) is 0.601. The Labute approximate surface area is 109 Å². The molecule has 18 heavy (non-hydrogen) atoms. The van der Waals surface area contributed by atoms with Crippen LogP contribution in [0.15, 0.2) is 18.3 Å². The zero-order chi connectivity index (χ0) is 13.8. The molecule has 0 radical (unpaired) electrons. The number of nitrogens with one attached hydrogen (secondary N) is 1. The molecule has 100 valence electrons. The number of pyridine rings is 1. The van der Waals surface area contributed by atoms with E-state index in [4.69, 9.17) is 4.74 Å². The summed E-state index contributed by atoms with van der Waals surface area (Å²) in [5.41, 5.74) is 0.505. The third-order valence-corrected chi connectivity index (χ3v) is 2.32. The number of hydrogen-bond acceptors (Lipinski definition) is 3. The normalized spacial score (nSPS) is 11.4. The van der Waals surface area contributed by atoms with Gasteiger partial charge in [0.25, 0.3) is 0 Å². The minimum Gasteiger partial charge on any atom is -0.475 e. The Morgan fingerprint density at radius 2 is 2.11 bits per heavy atom. The van der Waals surface area contributed by atoms with Gasteiger partial charge in [-0.15, -0.1) is 0 Å². The highest BCUT2D eigenvalue weighted by molar-refractivity contribution is 5.81. The summed E-state index contributed by atoms with van der Waals surface area (Å²) in [6.45, 7) is 10.00. The quantitative estimate of drug-likeness (QED) is 0.893. The number of carbonyl (C=O) groups is 1. The number of amides is 1. The Balaban J connectivity index is 2.70. The predicted octanol–water partition coefficient (Wildman–Crippen LogP) is 2.53. The van der Waals surface area contributed by atoms with Crippen molar-refractivity contribution in [3.8, 4) is 5.88 Å². The van der Waals surface area contributed by atoms with Crippen LogP contribution >= 0.6 is 0 Å². The third kappa shape index (κ3) is 4.35. The summed E-state index contributed by atoms with van der Waals surface area (Å²) < 4.78 is 5.60. The summed E-state index contributed by atoms with van der Waals surface area (Å²) >= 11 is 0. The fourth-order valence-corrected chi connectivity index (χ4v) is 1.33. The smallest absolute Gasteiger partial charge is 0.225 e. The summed E-state index contributed by atoms with van der Waals surface area (Å²) in [4.78, 5) is 16.0. The molecular weight excluding hydrogens is 228 g/mol. The lowest BCUT2D eigenvalue weighted by Crippen LogP contribution is -2.34. The molecule has 1 amide bonds. The SMILES string of the molecule is CC(C)Oc1ncccc1CNC(=O)C(C)(C)C. The van der Waals surface area contributed by atoms with E-state index in [1.807, 2.05) is 46.8 Å². The van der Waals surface area contributed by atoms with Gasteiger partial charge in [-0.05, 0) is 19.9 Å². The molecule has 0 aliphatic rings. The van der Waals surface area contributed by atoms with Crippen LogP contribution in [0.3, 0.4) is 0 Å². The number of aromatic nitrogens is 1. The van der Waals surface area contributed by atoms with Gasteiger partial charge in [0.1, 0.15) is 0 Å². The molecule has 4 nitrogen and oxygen atoms in total. The molecule has 1 rings (SSSR count). The van der Waals surface area contributed by atoms with Gasteiger partial charge in [0.05, 0.1) is 6.10 Å². The van der Waals surface area contributed by atoms with Gasteiger partial charge in [-0.2, -0.15) is 0 Å². The van der Waals surface area contributed by atoms with Gasteiger partial charge in [-0.1, -0.05) is 26.8 Å². The van der Waals surface area contributed by atoms with Crippen molar-refractivity contribution in [1.29, 1.82) is 0 Å². The largest absolute Gasteiger partial charge is 0.475 e. The summed E-state index contributed by atoms with van der Waals surface area (Å²) in [6, 6.07) is 3.75. The Morgan fingerprint density at radius 1 is 1.44 bits per heavy atom. The van der Waals surface area contributed by atoms with Crippen LogP contribution in [0, 0.1) is 5.41 Å². The molecule has 0 unspecified atom stereocenters. The van der Waals surface area contributed by atoms with Crippen molar-refractivity contribution in [2.75, 3.05) is 0 Å². The Hall–Kier alpha value is -1.58. The molecule has 0 aliphatic carbocycles. The van der Waals surface area contributed by atoms with Crippen molar-refractivity contribution in [3.05, 3.63) is 23.9 Å². The Kier molecular flexibility index (Phi) is 4.70. The molecule has 0 bridgehead atoms. The van der Waals surface area contributed by atoms with Crippen molar-refractivity contribution in [3.63, 3.8) is 0 Å². The van der Waals surface area contributed by atoms with Gasteiger partial charge in [-0.25, -0.2) is 4.98 Å². The van der Waals surface area contributed by atoms with E-state index in [1.165, 1.54) is 0 Å². The highest BCUT2D eigenvalue weighted by Gasteiger charge is 2.21. The molecule has 1 N–H and O–H groups in total. The van der Waals surface area contributed by atoms with Crippen LogP contribution in [-0.2, 0) is 11.3 Å². The van der Waals surface area contributed by atoms with E-state index >= 15 is 0 Å². The second kappa shape index (κ2) is 5.85. The average molecular weight is 250 g/mol. The van der Waals surface area contributed by atoms with E-state index in [9.17, 15) is 4.79 Å². The van der Waals surface area contributed by atoms with Crippen molar-refractivity contribution >= 4 is 5.91 Å². The van der Waals surface area contributed by atoms with Crippen LogP contribution < -0.4 is 10.1 Å². The van der Waals surface area contributed by atoms with Gasteiger partial charge in [-0.3, -0.25) is 4.79 Å². The van der Waals surface area contributed by atoms with E-state index in [0.717, 1.165) is 5.56 Å². The average Bonchev–Trinajstić information content (AvgIpc) is 2.25. The molecule has 0 aliphatic heterocycles. The minimum atomic E-state index is -0.388. The minimum absolute atomic E-state index is 0.0156. The third-order valence-electron chi connectivity index (χ3n) is 2.32. The second-order valence-corrected chi connectivity index (χ2v) is 5.57. The van der Waals surface area contributed by atoms with E-state index in [-0.39, 0.29) is 17.4 Å². The molecule has 1 heterocycles. The van der Waals surface area contributed by atoms with E-state index in [2.05, 4.69) is 10.3 Å². The van der Waals surface area contributed by atoms with Crippen LogP contribution in [0.5, 0.6) is 5.88 Å². The zero-order valence-electron chi connectivity index (χ0n) is 11.8. The van der Waals surface area contributed by atoms with Crippen LogP contribution in [0.4, 0.5) is 0 Å². The first-order valence-corrected chi connectivity index (χ1v) is 6.19. The fourth-order valence-electron chi connectivity index (χ4n) is 1.33. The molecule has 0 atom stereocenters. The van der Waals surface area contributed by atoms with Gasteiger partial charge in [0, 0.05) is 23.7 Å². The van der Waals surface area contributed by atoms with Crippen molar-refractivity contribution < 1.29 is 9.53 Å². The van der Waals surface area contributed by atoms with Crippen LogP contribution in [0.1, 0.15) is 40.2 Å². The predicted molar refractivity (Wildman–Crippen MR) is 71.3 cm³/mol. The highest BCUT2D eigenvalue weighted by atomic mass is 16.5. The maximum absolute atomic E-state index is 11.8. The second-order valence-electron chi connectivity index (χ2n) is 5.57. The van der Waals surface area contributed by atoms with E-state index in [0.29, 0.717) is 12.4 Å². The monoisotopic (exact) mass is 250 g/mol. The first-order chi connectivity index (χ1) is 8.30. The van der Waals surface area contributed by atoms with E-state index < -0.39 is 0 Å². The summed E-state index contributed by atoms with van der Waals surface area (Å²) in [5, 5.41) is 2.89. The first kappa shape index (κ1) is 14.5. The highest BCUT2D eigenvalue weighted by Crippen LogP contribution is 2.17. The summed E-state index contributed by atoms with van der Waals surface area (Å²) in [6.07, 6.45) is 1.75. The molecular formula is C14H22N2O2. The first-order valence-electron chi connectivity index (χ1n) is 6.19. The maximum atomic E-state index is 11.8. The number of hydrogen-bond donors (Lipinski definition) is 1. The van der Waals surface area contributed by atoms with Gasteiger partial charge in [0.2, 0.25) is 11.8 Å². The molecule has 4 heteroatoms. The molecule has 1 aromatic heterocycles. The molecule has 0 aromatic carbocycles. The molecule has 1 aromatic rings. The lowest BCUT2D eigenvalue weighted by atomic mass is 9.95. The van der Waals surface area contributed by atoms with Crippen molar-refractivity contribution in [2.45, 2.75) is 47.3 Å². The van der Waals surface area contributed by atoms with Gasteiger partial charge < -0.3 is 10.1 Å². The van der Waals surface area contributed by atoms with Crippen molar-refractivity contribution in [2.24, 2.45) is 5.41 Å². The molecule has 0 saturated heterocycles. The van der Waals surface area contributed by atoms with Crippen LogP contribution in [0.25, 0.3) is 0 Å². The van der Waals surface area contributed by atoms with Gasteiger partial charge >= 0.3 is 0 Å². The number of rotatable bonds is 4. The topological polar surface area (TPSA) is 51.2 Å². The lowest BCUT2D eigenvalue weighted by molar-refractivity contribution is -0.128. The Morgan fingerprint density at radius 3 is 2.67 bits per heavy atom. The standard InChI is InChI=1S/C14H22N2O2/c1-10(2)18-12-11(7-6-8-15-12)9-16-13(17)14(3,4)5/h6-8,10H,9H2,1-5H3,(H,16,17).